The molecule has 0 unspecified atom stereocenters. The van der Waals surface area contributed by atoms with Crippen molar-refractivity contribution < 1.29 is 14.3 Å². The molecule has 0 atom stereocenters. The van der Waals surface area contributed by atoms with Gasteiger partial charge in [-0.2, -0.15) is 0 Å². The number of nitrogens with zero attached hydrogens (tertiary/aromatic N) is 1. The molecule has 36 heavy (non-hydrogen) atoms. The highest BCUT2D eigenvalue weighted by Crippen LogP contribution is 2.25. The Hall–Kier alpha value is -3.31. The summed E-state index contributed by atoms with van der Waals surface area (Å²) in [5.41, 5.74) is 5.26. The van der Waals surface area contributed by atoms with Gasteiger partial charge in [0.05, 0.1) is 13.7 Å². The number of carbonyl (C=O) groups excluding carboxylic acids is 1. The van der Waals surface area contributed by atoms with Gasteiger partial charge < -0.3 is 14.8 Å². The van der Waals surface area contributed by atoms with Crippen LogP contribution in [0.25, 0.3) is 0 Å². The average Bonchev–Trinajstić information content (AvgIpc) is 2.90. The second-order valence-corrected chi connectivity index (χ2v) is 9.54. The Morgan fingerprint density at radius 2 is 1.86 bits per heavy atom. The third-order valence-corrected chi connectivity index (χ3v) is 6.62. The molecular weight excluding hydrogens is 448 g/mol. The largest absolute Gasteiger partial charge is 0.497 e. The van der Waals surface area contributed by atoms with Crippen molar-refractivity contribution >= 4 is 5.91 Å². The van der Waals surface area contributed by atoms with Crippen molar-refractivity contribution in [1.29, 1.82) is 0 Å². The Labute approximate surface area is 215 Å². The monoisotopic (exact) mass is 486 g/mol. The van der Waals surface area contributed by atoms with Gasteiger partial charge in [-0.3, -0.25) is 9.69 Å². The van der Waals surface area contributed by atoms with Crippen LogP contribution in [0.1, 0.15) is 65.2 Å². The van der Waals surface area contributed by atoms with Crippen LogP contribution in [-0.2, 0) is 19.5 Å². The minimum absolute atomic E-state index is 0.0935. The Bertz CT molecular complexity index is 1140. The molecule has 1 heterocycles. The summed E-state index contributed by atoms with van der Waals surface area (Å²) in [6.45, 7) is 6.62. The van der Waals surface area contributed by atoms with E-state index in [1.165, 1.54) is 24.0 Å². The number of fused-ring (bicyclic) bond motifs is 3. The smallest absolute Gasteiger partial charge is 0.251 e. The summed E-state index contributed by atoms with van der Waals surface area (Å²) in [5, 5.41) is 3.04. The zero-order chi connectivity index (χ0) is 25.2. The van der Waals surface area contributed by atoms with Crippen LogP contribution >= 0.6 is 0 Å². The Morgan fingerprint density at radius 3 is 2.72 bits per heavy atom. The van der Waals surface area contributed by atoms with Gasteiger partial charge in [-0.05, 0) is 91.4 Å². The molecule has 0 aliphatic carbocycles. The molecule has 0 aromatic heterocycles. The fourth-order valence-electron chi connectivity index (χ4n) is 4.77. The van der Waals surface area contributed by atoms with Crippen LogP contribution in [0.2, 0.25) is 0 Å². The Balaban J connectivity index is 1.53. The fourth-order valence-corrected chi connectivity index (χ4v) is 4.77. The molecule has 190 valence electrons. The van der Waals surface area contributed by atoms with E-state index in [0.717, 1.165) is 61.5 Å². The first-order chi connectivity index (χ1) is 17.6. The van der Waals surface area contributed by atoms with Gasteiger partial charge in [-0.15, -0.1) is 0 Å². The molecule has 5 heteroatoms. The number of nitrogens with one attached hydrogen (secondary N) is 1. The lowest BCUT2D eigenvalue weighted by Crippen LogP contribution is -2.25. The predicted molar refractivity (Wildman–Crippen MR) is 145 cm³/mol. The first-order valence-corrected chi connectivity index (χ1v) is 13.1. The lowest BCUT2D eigenvalue weighted by atomic mass is 9.99. The van der Waals surface area contributed by atoms with Crippen molar-refractivity contribution in [1.82, 2.24) is 10.2 Å². The fraction of sp³-hybridized carbons (Fsp3) is 0.387. The zero-order valence-corrected chi connectivity index (χ0v) is 21.6. The van der Waals surface area contributed by atoms with E-state index < -0.39 is 0 Å². The van der Waals surface area contributed by atoms with Crippen molar-refractivity contribution in [3.8, 4) is 11.5 Å². The zero-order valence-electron chi connectivity index (χ0n) is 21.6. The van der Waals surface area contributed by atoms with Gasteiger partial charge in [0.25, 0.3) is 5.91 Å². The van der Waals surface area contributed by atoms with Gasteiger partial charge in [0.1, 0.15) is 11.5 Å². The molecule has 1 aliphatic rings. The molecule has 4 rings (SSSR count). The number of hydrogen-bond donors (Lipinski definition) is 1. The van der Waals surface area contributed by atoms with E-state index in [-0.39, 0.29) is 5.91 Å². The minimum atomic E-state index is -0.0935. The molecule has 0 saturated carbocycles. The number of rotatable bonds is 6. The molecule has 0 radical (unpaired) electrons. The van der Waals surface area contributed by atoms with E-state index in [2.05, 4.69) is 41.4 Å². The summed E-state index contributed by atoms with van der Waals surface area (Å²) < 4.78 is 11.5. The van der Waals surface area contributed by atoms with Crippen LogP contribution in [0.15, 0.2) is 66.7 Å². The topological polar surface area (TPSA) is 50.8 Å². The number of benzene rings is 3. The molecule has 3 aromatic rings. The first kappa shape index (κ1) is 25.8. The van der Waals surface area contributed by atoms with Crippen molar-refractivity contribution in [3.05, 3.63) is 94.5 Å². The molecule has 0 fully saturated rings. The molecular formula is C31H38N2O3. The summed E-state index contributed by atoms with van der Waals surface area (Å²) >= 11 is 0. The summed E-state index contributed by atoms with van der Waals surface area (Å²) in [6, 6.07) is 22.4. The minimum Gasteiger partial charge on any atom is -0.497 e. The van der Waals surface area contributed by atoms with E-state index in [0.29, 0.717) is 18.7 Å². The maximum Gasteiger partial charge on any atom is 0.251 e. The standard InChI is InChI=1S/C31H38N2O3/c1-3-15-33-16-5-4-6-17-36-30-14-13-27(21-28(30)19-24-9-7-11-26(18-24)23-33)31(34)32-22-25-10-8-12-29(20-25)35-2/h7-14,18,20-21H,3-6,15-17,19,22-23H2,1-2H3,(H,32,34). The predicted octanol–water partition coefficient (Wildman–Crippen LogP) is 5.99. The van der Waals surface area contributed by atoms with E-state index in [9.17, 15) is 4.79 Å². The SMILES string of the molecule is CCCN1CCCCCOc2ccc(C(=O)NCc3cccc(OC)c3)cc2Cc2cccc(c2)C1. The summed E-state index contributed by atoms with van der Waals surface area (Å²) in [5.74, 6) is 1.56. The highest BCUT2D eigenvalue weighted by Gasteiger charge is 2.13. The lowest BCUT2D eigenvalue weighted by molar-refractivity contribution is 0.0950. The Morgan fingerprint density at radius 1 is 1.00 bits per heavy atom. The second kappa shape index (κ2) is 13.1. The van der Waals surface area contributed by atoms with Crippen LogP contribution in [0.3, 0.4) is 0 Å². The summed E-state index contributed by atoms with van der Waals surface area (Å²) in [4.78, 5) is 15.6. The third-order valence-electron chi connectivity index (χ3n) is 6.62. The van der Waals surface area contributed by atoms with Crippen LogP contribution in [0, 0.1) is 0 Å². The van der Waals surface area contributed by atoms with Gasteiger partial charge >= 0.3 is 0 Å². The number of ether oxygens (including phenoxy) is 2. The maximum absolute atomic E-state index is 13.0. The number of carbonyl (C=O) groups is 1. The number of methoxy groups -OCH3 is 1. The van der Waals surface area contributed by atoms with Gasteiger partial charge in [-0.1, -0.05) is 43.3 Å². The maximum atomic E-state index is 13.0. The molecule has 1 aliphatic heterocycles. The number of amides is 1. The van der Waals surface area contributed by atoms with Gasteiger partial charge in [0.2, 0.25) is 0 Å². The molecule has 3 aromatic carbocycles. The van der Waals surface area contributed by atoms with Crippen molar-refractivity contribution in [2.45, 2.75) is 52.1 Å². The van der Waals surface area contributed by atoms with E-state index >= 15 is 0 Å². The number of hydrogen-bond acceptors (Lipinski definition) is 4. The molecule has 1 N–H and O–H groups in total. The van der Waals surface area contributed by atoms with Crippen LogP contribution in [-0.4, -0.2) is 37.6 Å². The molecule has 0 spiro atoms. The van der Waals surface area contributed by atoms with Crippen molar-refractivity contribution in [3.63, 3.8) is 0 Å². The second-order valence-electron chi connectivity index (χ2n) is 9.54. The van der Waals surface area contributed by atoms with Crippen LogP contribution in [0.4, 0.5) is 0 Å². The summed E-state index contributed by atoms with van der Waals surface area (Å²) in [7, 11) is 1.64. The molecule has 5 nitrogen and oxygen atoms in total. The molecule has 1 amide bonds. The van der Waals surface area contributed by atoms with E-state index in [1.807, 2.05) is 42.5 Å². The highest BCUT2D eigenvalue weighted by atomic mass is 16.5. The normalized spacial score (nSPS) is 14.7. The molecule has 2 bridgehead atoms. The highest BCUT2D eigenvalue weighted by molar-refractivity contribution is 5.94. The summed E-state index contributed by atoms with van der Waals surface area (Å²) in [6.07, 6.45) is 5.27. The van der Waals surface area contributed by atoms with E-state index in [1.54, 1.807) is 7.11 Å². The quantitative estimate of drug-likeness (QED) is 0.465. The average molecular weight is 487 g/mol. The van der Waals surface area contributed by atoms with Gasteiger partial charge in [0.15, 0.2) is 0 Å². The van der Waals surface area contributed by atoms with Gasteiger partial charge in [0, 0.05) is 25.1 Å². The lowest BCUT2D eigenvalue weighted by Gasteiger charge is -2.22. The first-order valence-electron chi connectivity index (χ1n) is 13.1. The van der Waals surface area contributed by atoms with E-state index in [4.69, 9.17) is 9.47 Å². The van der Waals surface area contributed by atoms with Crippen LogP contribution in [0.5, 0.6) is 11.5 Å². The van der Waals surface area contributed by atoms with Crippen LogP contribution < -0.4 is 14.8 Å². The third kappa shape index (κ3) is 7.34. The Kier molecular flexibility index (Phi) is 9.40. The van der Waals surface area contributed by atoms with Gasteiger partial charge in [-0.25, -0.2) is 0 Å². The van der Waals surface area contributed by atoms with Crippen molar-refractivity contribution in [2.24, 2.45) is 0 Å². The molecule has 0 saturated heterocycles. The van der Waals surface area contributed by atoms with Crippen molar-refractivity contribution in [2.75, 3.05) is 26.8 Å².